The van der Waals surface area contributed by atoms with Crippen LogP contribution in [0.1, 0.15) is 13.8 Å². The molecule has 8 heteroatoms. The lowest BCUT2D eigenvalue weighted by atomic mass is 10.0. The van der Waals surface area contributed by atoms with E-state index in [2.05, 4.69) is 72.5 Å². The normalized spacial score (nSPS) is 11.5. The zero-order valence-corrected chi connectivity index (χ0v) is 18.7. The van der Waals surface area contributed by atoms with E-state index < -0.39 is 0 Å². The molecule has 34 heavy (non-hydrogen) atoms. The molecule has 3 N–H and O–H groups in total. The second-order valence-corrected chi connectivity index (χ2v) is 8.52. The van der Waals surface area contributed by atoms with Crippen molar-refractivity contribution in [2.24, 2.45) is 0 Å². The van der Waals surface area contributed by atoms with Gasteiger partial charge >= 0.3 is 0 Å². The first-order chi connectivity index (χ1) is 16.7. The van der Waals surface area contributed by atoms with E-state index in [1.807, 2.05) is 43.1 Å². The van der Waals surface area contributed by atoms with Crippen LogP contribution in [0.2, 0.25) is 0 Å². The van der Waals surface area contributed by atoms with E-state index in [0.29, 0.717) is 11.7 Å². The average Bonchev–Trinajstić information content (AvgIpc) is 3.48. The molecule has 0 amide bonds. The Kier molecular flexibility index (Phi) is 4.76. The molecule has 0 aliphatic rings. The highest BCUT2D eigenvalue weighted by molar-refractivity contribution is 6.00. The van der Waals surface area contributed by atoms with Gasteiger partial charge in [0.05, 0.1) is 28.8 Å². The summed E-state index contributed by atoms with van der Waals surface area (Å²) in [5.41, 5.74) is 8.48. The fourth-order valence-corrected chi connectivity index (χ4v) is 4.22. The maximum Gasteiger partial charge on any atom is 0.181 e. The minimum absolute atomic E-state index is 0.326. The molecule has 0 atom stereocenters. The largest absolute Gasteiger partial charge is 0.382 e. The predicted molar refractivity (Wildman–Crippen MR) is 134 cm³/mol. The minimum atomic E-state index is 0.326. The third-order valence-electron chi connectivity index (χ3n) is 5.74. The lowest BCUT2D eigenvalue weighted by Crippen LogP contribution is -2.09. The summed E-state index contributed by atoms with van der Waals surface area (Å²) in [6.45, 7) is 4.21. The van der Waals surface area contributed by atoms with Crippen molar-refractivity contribution in [3.8, 4) is 33.6 Å². The topological polar surface area (TPSA) is 108 Å². The molecule has 166 valence electrons. The van der Waals surface area contributed by atoms with Crippen LogP contribution in [0.5, 0.6) is 0 Å². The van der Waals surface area contributed by atoms with Crippen LogP contribution >= 0.6 is 0 Å². The zero-order chi connectivity index (χ0) is 23.1. The van der Waals surface area contributed by atoms with Crippen molar-refractivity contribution in [2.75, 3.05) is 5.32 Å². The minimum Gasteiger partial charge on any atom is -0.382 e. The molecule has 0 fully saturated rings. The number of aromatic nitrogens is 7. The Morgan fingerprint density at radius 3 is 2.47 bits per heavy atom. The van der Waals surface area contributed by atoms with Gasteiger partial charge in [0.15, 0.2) is 5.65 Å². The maximum atomic E-state index is 4.59. The summed E-state index contributed by atoms with van der Waals surface area (Å²) in [6.07, 6.45) is 12.8. The third-order valence-corrected chi connectivity index (χ3v) is 5.74. The van der Waals surface area contributed by atoms with E-state index in [-0.39, 0.29) is 0 Å². The highest BCUT2D eigenvalue weighted by atomic mass is 15.2. The molecule has 0 unspecified atom stereocenters. The van der Waals surface area contributed by atoms with Gasteiger partial charge < -0.3 is 10.3 Å². The van der Waals surface area contributed by atoms with Crippen molar-refractivity contribution in [3.05, 3.63) is 73.7 Å². The van der Waals surface area contributed by atoms with Crippen LogP contribution in [-0.4, -0.2) is 41.2 Å². The van der Waals surface area contributed by atoms with Crippen LogP contribution in [0.15, 0.2) is 73.7 Å². The summed E-state index contributed by atoms with van der Waals surface area (Å²) in [4.78, 5) is 21.0. The van der Waals surface area contributed by atoms with Crippen LogP contribution in [-0.2, 0) is 0 Å². The molecule has 6 aromatic rings. The summed E-state index contributed by atoms with van der Waals surface area (Å²) in [5, 5.41) is 13.0. The van der Waals surface area contributed by atoms with Crippen molar-refractivity contribution >= 4 is 27.6 Å². The van der Waals surface area contributed by atoms with Crippen LogP contribution in [0, 0.1) is 0 Å². The summed E-state index contributed by atoms with van der Waals surface area (Å²) in [5.74, 6) is 0. The molecule has 0 aromatic carbocycles. The Morgan fingerprint density at radius 2 is 1.62 bits per heavy atom. The van der Waals surface area contributed by atoms with E-state index in [0.717, 1.165) is 55.6 Å². The van der Waals surface area contributed by atoms with Gasteiger partial charge in [0.25, 0.3) is 0 Å². The number of anilines is 1. The lowest BCUT2D eigenvalue weighted by Gasteiger charge is -2.10. The van der Waals surface area contributed by atoms with Gasteiger partial charge in [-0.2, -0.15) is 5.10 Å². The SMILES string of the molecule is CC(C)Nc1cncc(-c2cnc3n[nH]c(-c4cc5c(-c6ccncc6)cncc5[nH]4)c3c2)c1. The number of nitrogens with one attached hydrogen (secondary N) is 3. The van der Waals surface area contributed by atoms with E-state index in [1.54, 1.807) is 12.4 Å². The molecular weight excluding hydrogens is 424 g/mol. The Morgan fingerprint density at radius 1 is 0.794 bits per heavy atom. The van der Waals surface area contributed by atoms with Crippen molar-refractivity contribution in [3.63, 3.8) is 0 Å². The number of hydrogen-bond donors (Lipinski definition) is 3. The lowest BCUT2D eigenvalue weighted by molar-refractivity contribution is 0.898. The molecule has 0 spiro atoms. The number of pyridine rings is 4. The Hall–Kier alpha value is -4.59. The molecule has 0 saturated carbocycles. The van der Waals surface area contributed by atoms with Gasteiger partial charge in [-0.3, -0.25) is 20.1 Å². The third kappa shape index (κ3) is 3.55. The van der Waals surface area contributed by atoms with Crippen molar-refractivity contribution in [1.29, 1.82) is 0 Å². The van der Waals surface area contributed by atoms with Crippen LogP contribution in [0.4, 0.5) is 5.69 Å². The van der Waals surface area contributed by atoms with E-state index >= 15 is 0 Å². The van der Waals surface area contributed by atoms with Crippen LogP contribution in [0.25, 0.3) is 55.6 Å². The predicted octanol–water partition coefficient (Wildman–Crippen LogP) is 5.45. The molecular formula is C26H22N8. The van der Waals surface area contributed by atoms with Gasteiger partial charge in [-0.1, -0.05) is 0 Å². The smallest absolute Gasteiger partial charge is 0.181 e. The Balaban J connectivity index is 1.45. The second-order valence-electron chi connectivity index (χ2n) is 8.52. The van der Waals surface area contributed by atoms with E-state index in [1.165, 1.54) is 0 Å². The molecule has 6 rings (SSSR count). The second kappa shape index (κ2) is 8.08. The molecule has 0 aliphatic carbocycles. The Labute approximate surface area is 195 Å². The summed E-state index contributed by atoms with van der Waals surface area (Å²) >= 11 is 0. The first-order valence-corrected chi connectivity index (χ1v) is 11.1. The van der Waals surface area contributed by atoms with E-state index in [4.69, 9.17) is 0 Å². The van der Waals surface area contributed by atoms with Crippen molar-refractivity contribution < 1.29 is 0 Å². The Bertz CT molecular complexity index is 1610. The molecule has 0 aliphatic heterocycles. The number of fused-ring (bicyclic) bond motifs is 2. The van der Waals surface area contributed by atoms with Crippen molar-refractivity contribution in [1.82, 2.24) is 35.1 Å². The first-order valence-electron chi connectivity index (χ1n) is 11.1. The van der Waals surface area contributed by atoms with Crippen LogP contribution in [0.3, 0.4) is 0 Å². The standard InChI is InChI=1S/C26H22N8/c1-15(2)31-19-7-17(10-28-12-19)18-8-21-25(33-34-26(21)30-11-18)23-9-20-22(13-29-14-24(20)32-23)16-3-5-27-6-4-16/h3-15,31-32H,1-2H3,(H,30,33,34). The van der Waals surface area contributed by atoms with Gasteiger partial charge in [0, 0.05) is 70.7 Å². The molecule has 6 aromatic heterocycles. The fraction of sp³-hybridized carbons (Fsp3) is 0.115. The number of aromatic amines is 2. The number of nitrogens with zero attached hydrogens (tertiary/aromatic N) is 5. The highest BCUT2D eigenvalue weighted by Crippen LogP contribution is 2.34. The molecule has 0 saturated heterocycles. The number of hydrogen-bond acceptors (Lipinski definition) is 6. The summed E-state index contributed by atoms with van der Waals surface area (Å²) in [6, 6.07) is 10.6. The highest BCUT2D eigenvalue weighted by Gasteiger charge is 2.15. The maximum absolute atomic E-state index is 4.59. The van der Waals surface area contributed by atoms with Gasteiger partial charge in [-0.25, -0.2) is 4.98 Å². The van der Waals surface area contributed by atoms with Crippen LogP contribution < -0.4 is 5.32 Å². The molecule has 0 radical (unpaired) electrons. The zero-order valence-electron chi connectivity index (χ0n) is 18.7. The average molecular weight is 447 g/mol. The fourth-order valence-electron chi connectivity index (χ4n) is 4.22. The molecule has 0 bridgehead atoms. The van der Waals surface area contributed by atoms with Crippen molar-refractivity contribution in [2.45, 2.75) is 19.9 Å². The number of rotatable bonds is 5. The van der Waals surface area contributed by atoms with Gasteiger partial charge in [-0.05, 0) is 49.7 Å². The molecule has 6 heterocycles. The molecule has 8 nitrogen and oxygen atoms in total. The summed E-state index contributed by atoms with van der Waals surface area (Å²) in [7, 11) is 0. The monoisotopic (exact) mass is 446 g/mol. The van der Waals surface area contributed by atoms with Gasteiger partial charge in [0.1, 0.15) is 0 Å². The van der Waals surface area contributed by atoms with Gasteiger partial charge in [-0.15, -0.1) is 0 Å². The number of H-pyrrole nitrogens is 2. The quantitative estimate of drug-likeness (QED) is 0.325. The van der Waals surface area contributed by atoms with Gasteiger partial charge in [0.2, 0.25) is 0 Å². The van der Waals surface area contributed by atoms with E-state index in [9.17, 15) is 0 Å². The summed E-state index contributed by atoms with van der Waals surface area (Å²) < 4.78 is 0. The first kappa shape index (κ1) is 20.0.